The van der Waals surface area contributed by atoms with Gasteiger partial charge in [-0.3, -0.25) is 10.1 Å². The van der Waals surface area contributed by atoms with Crippen LogP contribution in [0.4, 0.5) is 0 Å². The number of pyridine rings is 1. The van der Waals surface area contributed by atoms with Crippen molar-refractivity contribution < 1.29 is 0 Å². The van der Waals surface area contributed by atoms with Gasteiger partial charge in [0.15, 0.2) is 0 Å². The summed E-state index contributed by atoms with van der Waals surface area (Å²) in [6, 6.07) is 5.62. The summed E-state index contributed by atoms with van der Waals surface area (Å²) in [5, 5.41) is 7.68. The molecule has 0 aliphatic carbocycles. The first-order valence-corrected chi connectivity index (χ1v) is 7.30. The van der Waals surface area contributed by atoms with E-state index < -0.39 is 0 Å². The molecule has 0 aliphatic heterocycles. The molecule has 0 saturated carbocycles. The van der Waals surface area contributed by atoms with Crippen molar-refractivity contribution in [1.29, 1.82) is 5.41 Å². The van der Waals surface area contributed by atoms with Crippen LogP contribution in [0.25, 0.3) is 0 Å². The third-order valence-corrected chi connectivity index (χ3v) is 3.17. The van der Waals surface area contributed by atoms with Crippen LogP contribution in [0.2, 0.25) is 0 Å². The first-order valence-electron chi connectivity index (χ1n) is 7.30. The maximum atomic E-state index is 7.68. The van der Waals surface area contributed by atoms with Crippen LogP contribution < -0.4 is 10.9 Å². The topological polar surface area (TPSA) is 40.8 Å². The summed E-state index contributed by atoms with van der Waals surface area (Å²) in [6.45, 7) is 3.21. The summed E-state index contributed by atoms with van der Waals surface area (Å²) < 4.78 is 1.78. The molecule has 102 valence electrons. The molecule has 0 aliphatic rings. The number of nitrogens with one attached hydrogen (secondary N) is 2. The molecule has 0 unspecified atom stereocenters. The fourth-order valence-corrected chi connectivity index (χ4v) is 2.04. The first-order chi connectivity index (χ1) is 8.84. The van der Waals surface area contributed by atoms with Gasteiger partial charge in [-0.25, -0.2) is 0 Å². The molecule has 0 fully saturated rings. The quantitative estimate of drug-likeness (QED) is 0.611. The van der Waals surface area contributed by atoms with E-state index in [1.54, 1.807) is 10.7 Å². The number of hydrogen-bond acceptors (Lipinski definition) is 2. The standard InChI is InChI=1S/C15H27N3/c1-2-3-4-5-6-7-8-10-13-17-18-14-11-9-12-15(18)16/h9,11-12,14,16-17H,2-8,10,13H2,1H3. The molecule has 1 aromatic rings. The van der Waals surface area contributed by atoms with Crippen LogP contribution in [0.3, 0.4) is 0 Å². The van der Waals surface area contributed by atoms with Crippen LogP contribution in [0, 0.1) is 5.41 Å². The van der Waals surface area contributed by atoms with Crippen molar-refractivity contribution in [3.8, 4) is 0 Å². The molecule has 0 bridgehead atoms. The zero-order valence-electron chi connectivity index (χ0n) is 11.6. The predicted molar refractivity (Wildman–Crippen MR) is 77.1 cm³/mol. The molecule has 1 rings (SSSR count). The van der Waals surface area contributed by atoms with Gasteiger partial charge >= 0.3 is 0 Å². The van der Waals surface area contributed by atoms with Gasteiger partial charge in [0.1, 0.15) is 5.49 Å². The summed E-state index contributed by atoms with van der Waals surface area (Å²) in [5.41, 5.74) is 3.76. The number of nitrogens with zero attached hydrogens (tertiary/aromatic N) is 1. The average Bonchev–Trinajstić information content (AvgIpc) is 2.39. The van der Waals surface area contributed by atoms with Crippen LogP contribution in [-0.2, 0) is 0 Å². The first kappa shape index (κ1) is 14.8. The molecule has 0 aromatic carbocycles. The molecule has 0 amide bonds. The molecule has 0 radical (unpaired) electrons. The van der Waals surface area contributed by atoms with Crippen molar-refractivity contribution in [2.45, 2.75) is 58.3 Å². The van der Waals surface area contributed by atoms with Gasteiger partial charge < -0.3 is 5.43 Å². The summed E-state index contributed by atoms with van der Waals surface area (Å²) in [5.74, 6) is 0. The molecular weight excluding hydrogens is 222 g/mol. The fraction of sp³-hybridized carbons (Fsp3) is 0.667. The second kappa shape index (κ2) is 9.75. The zero-order valence-corrected chi connectivity index (χ0v) is 11.6. The Hall–Kier alpha value is -1.25. The minimum Gasteiger partial charge on any atom is -0.325 e. The Morgan fingerprint density at radius 3 is 2.33 bits per heavy atom. The summed E-state index contributed by atoms with van der Waals surface area (Å²) in [6.07, 6.45) is 12.6. The molecule has 0 atom stereocenters. The monoisotopic (exact) mass is 249 g/mol. The lowest BCUT2D eigenvalue weighted by molar-refractivity contribution is 0.575. The van der Waals surface area contributed by atoms with Gasteiger partial charge in [-0.1, -0.05) is 57.9 Å². The molecule has 3 nitrogen and oxygen atoms in total. The smallest absolute Gasteiger partial charge is 0.143 e. The predicted octanol–water partition coefficient (Wildman–Crippen LogP) is 3.65. The largest absolute Gasteiger partial charge is 0.325 e. The van der Waals surface area contributed by atoms with E-state index in [4.69, 9.17) is 5.41 Å². The van der Waals surface area contributed by atoms with Crippen LogP contribution in [0.1, 0.15) is 58.3 Å². The van der Waals surface area contributed by atoms with E-state index in [2.05, 4.69) is 12.3 Å². The van der Waals surface area contributed by atoms with E-state index in [9.17, 15) is 0 Å². The molecule has 0 spiro atoms. The van der Waals surface area contributed by atoms with Crippen molar-refractivity contribution >= 4 is 0 Å². The van der Waals surface area contributed by atoms with Crippen molar-refractivity contribution in [3.63, 3.8) is 0 Å². The van der Waals surface area contributed by atoms with E-state index in [1.807, 2.05) is 18.3 Å². The molecule has 18 heavy (non-hydrogen) atoms. The Morgan fingerprint density at radius 1 is 1.00 bits per heavy atom. The minimum absolute atomic E-state index is 0.511. The fourth-order valence-electron chi connectivity index (χ4n) is 2.04. The van der Waals surface area contributed by atoms with E-state index >= 15 is 0 Å². The molecule has 3 heteroatoms. The van der Waals surface area contributed by atoms with Gasteiger partial charge in [0, 0.05) is 12.7 Å². The van der Waals surface area contributed by atoms with Crippen molar-refractivity contribution in [1.82, 2.24) is 4.68 Å². The molecular formula is C15H27N3. The SMILES string of the molecule is CCCCCCCCCCNn1ccccc1=N. The zero-order chi connectivity index (χ0) is 13.1. The highest BCUT2D eigenvalue weighted by Gasteiger charge is 1.92. The molecule has 1 heterocycles. The lowest BCUT2D eigenvalue weighted by Crippen LogP contribution is -2.28. The number of aromatic nitrogens is 1. The maximum Gasteiger partial charge on any atom is 0.143 e. The number of unbranched alkanes of at least 4 members (excludes halogenated alkanes) is 7. The normalized spacial score (nSPS) is 10.5. The third-order valence-electron chi connectivity index (χ3n) is 3.17. The molecule has 1 aromatic heterocycles. The van der Waals surface area contributed by atoms with E-state index in [0.29, 0.717) is 5.49 Å². The lowest BCUT2D eigenvalue weighted by atomic mass is 10.1. The summed E-state index contributed by atoms with van der Waals surface area (Å²) >= 11 is 0. The minimum atomic E-state index is 0.511. The van der Waals surface area contributed by atoms with E-state index in [-0.39, 0.29) is 0 Å². The van der Waals surface area contributed by atoms with Gasteiger partial charge in [-0.2, -0.15) is 0 Å². The van der Waals surface area contributed by atoms with Crippen LogP contribution in [0.15, 0.2) is 24.4 Å². The second-order valence-corrected chi connectivity index (χ2v) is 4.84. The van der Waals surface area contributed by atoms with E-state index in [1.165, 1.54) is 51.4 Å². The van der Waals surface area contributed by atoms with Gasteiger partial charge in [0.2, 0.25) is 0 Å². The Labute approximate surface area is 111 Å². The Morgan fingerprint density at radius 2 is 1.67 bits per heavy atom. The maximum absolute atomic E-state index is 7.68. The van der Waals surface area contributed by atoms with Crippen molar-refractivity contribution in [2.24, 2.45) is 0 Å². The Balaban J connectivity index is 1.96. The van der Waals surface area contributed by atoms with Gasteiger partial charge in [-0.15, -0.1) is 0 Å². The van der Waals surface area contributed by atoms with Crippen LogP contribution in [-0.4, -0.2) is 11.2 Å². The van der Waals surface area contributed by atoms with Crippen molar-refractivity contribution in [3.05, 3.63) is 29.9 Å². The van der Waals surface area contributed by atoms with E-state index in [0.717, 1.165) is 6.54 Å². The van der Waals surface area contributed by atoms with Crippen LogP contribution >= 0.6 is 0 Å². The number of rotatable bonds is 10. The third kappa shape index (κ3) is 6.48. The molecule has 0 saturated heterocycles. The Bertz CT molecular complexity index is 357. The van der Waals surface area contributed by atoms with Crippen molar-refractivity contribution in [2.75, 3.05) is 12.0 Å². The highest BCUT2D eigenvalue weighted by atomic mass is 15.4. The van der Waals surface area contributed by atoms with Gasteiger partial charge in [0.05, 0.1) is 0 Å². The summed E-state index contributed by atoms with van der Waals surface area (Å²) in [4.78, 5) is 0. The second-order valence-electron chi connectivity index (χ2n) is 4.84. The van der Waals surface area contributed by atoms with Gasteiger partial charge in [0.25, 0.3) is 0 Å². The summed E-state index contributed by atoms with van der Waals surface area (Å²) in [7, 11) is 0. The average molecular weight is 249 g/mol. The van der Waals surface area contributed by atoms with Gasteiger partial charge in [-0.05, 0) is 18.6 Å². The number of hydrogen-bond donors (Lipinski definition) is 2. The molecule has 2 N–H and O–H groups in total. The lowest BCUT2D eigenvalue weighted by Gasteiger charge is -2.09. The highest BCUT2D eigenvalue weighted by molar-refractivity contribution is 4.93. The van der Waals surface area contributed by atoms with Crippen LogP contribution in [0.5, 0.6) is 0 Å². The highest BCUT2D eigenvalue weighted by Crippen LogP contribution is 2.07. The Kier molecular flexibility index (Phi) is 8.02.